The fourth-order valence-electron chi connectivity index (χ4n) is 1.95. The summed E-state index contributed by atoms with van der Waals surface area (Å²) in [5.74, 6) is 0.283. The summed E-state index contributed by atoms with van der Waals surface area (Å²) >= 11 is 5.89. The van der Waals surface area contributed by atoms with Crippen LogP contribution < -0.4 is 10.1 Å². The number of carbonyl (C=O) groups is 1. The lowest BCUT2D eigenvalue weighted by Crippen LogP contribution is -2.27. The van der Waals surface area contributed by atoms with Crippen LogP contribution in [0.4, 0.5) is 0 Å². The van der Waals surface area contributed by atoms with Crippen LogP contribution in [0.25, 0.3) is 0 Å². The summed E-state index contributed by atoms with van der Waals surface area (Å²) < 4.78 is 5.19. The van der Waals surface area contributed by atoms with Crippen molar-refractivity contribution in [1.29, 1.82) is 0 Å². The number of benzene rings is 2. The summed E-state index contributed by atoms with van der Waals surface area (Å²) in [5.41, 5.74) is 1.52. The molecule has 0 fully saturated rings. The molecule has 1 N–H and O–H groups in total. The van der Waals surface area contributed by atoms with Gasteiger partial charge in [-0.3, -0.25) is 4.79 Å². The number of rotatable bonds is 4. The van der Waals surface area contributed by atoms with Gasteiger partial charge < -0.3 is 10.1 Å². The largest absolute Gasteiger partial charge is 0.496 e. The van der Waals surface area contributed by atoms with E-state index in [1.165, 1.54) is 7.11 Å². The summed E-state index contributed by atoms with van der Waals surface area (Å²) in [6.45, 7) is 1.94. The minimum atomic E-state index is -0.185. The van der Waals surface area contributed by atoms with Gasteiger partial charge in [-0.15, -0.1) is 0 Å². The number of hydrogen-bond donors (Lipinski definition) is 1. The summed E-state index contributed by atoms with van der Waals surface area (Å²) in [7, 11) is 1.52. The van der Waals surface area contributed by atoms with Gasteiger partial charge in [0, 0.05) is 5.02 Å². The van der Waals surface area contributed by atoms with Gasteiger partial charge in [0.05, 0.1) is 18.7 Å². The average molecular weight is 290 g/mol. The molecule has 104 valence electrons. The molecule has 1 atom stereocenters. The predicted octanol–water partition coefficient (Wildman–Crippen LogP) is 3.84. The van der Waals surface area contributed by atoms with Crippen LogP contribution in [0.5, 0.6) is 5.75 Å². The SMILES string of the molecule is COc1cc(Cl)ccc1C(=O)N[C@@H](C)c1ccccc1. The van der Waals surface area contributed by atoms with Gasteiger partial charge in [0.25, 0.3) is 5.91 Å². The predicted molar refractivity (Wildman–Crippen MR) is 80.3 cm³/mol. The summed E-state index contributed by atoms with van der Waals surface area (Å²) in [6, 6.07) is 14.7. The highest BCUT2D eigenvalue weighted by Gasteiger charge is 2.15. The Morgan fingerprint density at radius 2 is 1.90 bits per heavy atom. The topological polar surface area (TPSA) is 38.3 Å². The van der Waals surface area contributed by atoms with Gasteiger partial charge in [-0.05, 0) is 30.7 Å². The Bertz CT molecular complexity index is 599. The van der Waals surface area contributed by atoms with Crippen LogP contribution in [0.2, 0.25) is 5.02 Å². The van der Waals surface area contributed by atoms with Gasteiger partial charge in [-0.25, -0.2) is 0 Å². The first-order chi connectivity index (χ1) is 9.61. The molecule has 0 spiro atoms. The molecule has 0 unspecified atom stereocenters. The van der Waals surface area contributed by atoms with Crippen LogP contribution >= 0.6 is 11.6 Å². The quantitative estimate of drug-likeness (QED) is 0.929. The minimum Gasteiger partial charge on any atom is -0.496 e. The molecular formula is C16H16ClNO2. The second-order valence-electron chi connectivity index (χ2n) is 4.45. The van der Waals surface area contributed by atoms with Gasteiger partial charge in [0.15, 0.2) is 0 Å². The molecule has 2 rings (SSSR count). The maximum absolute atomic E-state index is 12.3. The van der Waals surface area contributed by atoms with E-state index >= 15 is 0 Å². The molecule has 1 amide bonds. The molecule has 0 bridgehead atoms. The lowest BCUT2D eigenvalue weighted by molar-refractivity contribution is 0.0937. The highest BCUT2D eigenvalue weighted by molar-refractivity contribution is 6.30. The molecule has 0 aromatic heterocycles. The van der Waals surface area contributed by atoms with Gasteiger partial charge in [-0.1, -0.05) is 41.9 Å². The lowest BCUT2D eigenvalue weighted by atomic mass is 10.1. The van der Waals surface area contributed by atoms with Gasteiger partial charge >= 0.3 is 0 Å². The summed E-state index contributed by atoms with van der Waals surface area (Å²) in [6.07, 6.45) is 0. The van der Waals surface area contributed by atoms with Crippen LogP contribution in [0.15, 0.2) is 48.5 Å². The van der Waals surface area contributed by atoms with Crippen molar-refractivity contribution in [2.24, 2.45) is 0 Å². The zero-order valence-electron chi connectivity index (χ0n) is 11.4. The third-order valence-electron chi connectivity index (χ3n) is 3.06. The van der Waals surface area contributed by atoms with E-state index in [2.05, 4.69) is 5.32 Å². The van der Waals surface area contributed by atoms with E-state index < -0.39 is 0 Å². The monoisotopic (exact) mass is 289 g/mol. The molecule has 0 aliphatic carbocycles. The maximum atomic E-state index is 12.3. The molecule has 2 aromatic rings. The van der Waals surface area contributed by atoms with Crippen molar-refractivity contribution in [3.63, 3.8) is 0 Å². The molecule has 0 aliphatic rings. The second kappa shape index (κ2) is 6.44. The molecule has 0 aliphatic heterocycles. The lowest BCUT2D eigenvalue weighted by Gasteiger charge is -2.15. The first-order valence-corrected chi connectivity index (χ1v) is 6.69. The number of ether oxygens (including phenoxy) is 1. The number of methoxy groups -OCH3 is 1. The Labute approximate surface area is 123 Å². The second-order valence-corrected chi connectivity index (χ2v) is 4.89. The molecule has 3 nitrogen and oxygen atoms in total. The Morgan fingerprint density at radius 1 is 1.20 bits per heavy atom. The highest BCUT2D eigenvalue weighted by Crippen LogP contribution is 2.24. The highest BCUT2D eigenvalue weighted by atomic mass is 35.5. The van der Waals surface area contributed by atoms with Gasteiger partial charge in [0.1, 0.15) is 5.75 Å². The Kier molecular flexibility index (Phi) is 4.64. The number of nitrogens with one attached hydrogen (secondary N) is 1. The Balaban J connectivity index is 2.16. The van der Waals surface area contributed by atoms with Crippen LogP contribution in [-0.2, 0) is 0 Å². The van der Waals surface area contributed by atoms with Crippen molar-refractivity contribution in [3.05, 3.63) is 64.7 Å². The third kappa shape index (κ3) is 3.31. The van der Waals surface area contributed by atoms with Crippen molar-refractivity contribution >= 4 is 17.5 Å². The fourth-order valence-corrected chi connectivity index (χ4v) is 2.11. The van der Waals surface area contributed by atoms with E-state index in [-0.39, 0.29) is 11.9 Å². The minimum absolute atomic E-state index is 0.0796. The average Bonchev–Trinajstić information content (AvgIpc) is 2.47. The molecule has 0 heterocycles. The third-order valence-corrected chi connectivity index (χ3v) is 3.29. The fraction of sp³-hybridized carbons (Fsp3) is 0.188. The van der Waals surface area contributed by atoms with Crippen LogP contribution in [0.3, 0.4) is 0 Å². The van der Waals surface area contributed by atoms with E-state index in [0.717, 1.165) is 5.56 Å². The van der Waals surface area contributed by atoms with Crippen LogP contribution in [0.1, 0.15) is 28.9 Å². The first kappa shape index (κ1) is 14.4. The zero-order valence-corrected chi connectivity index (χ0v) is 12.1. The van der Waals surface area contributed by atoms with Gasteiger partial charge in [0.2, 0.25) is 0 Å². The molecule has 0 saturated heterocycles. The summed E-state index contributed by atoms with van der Waals surface area (Å²) in [5, 5.41) is 3.48. The molecular weight excluding hydrogens is 274 g/mol. The number of amides is 1. The van der Waals surface area contributed by atoms with Crippen molar-refractivity contribution in [1.82, 2.24) is 5.32 Å². The van der Waals surface area contributed by atoms with Crippen LogP contribution in [0, 0.1) is 0 Å². The number of hydrogen-bond acceptors (Lipinski definition) is 2. The first-order valence-electron chi connectivity index (χ1n) is 6.31. The van der Waals surface area contributed by atoms with Crippen molar-refractivity contribution in [3.8, 4) is 5.75 Å². The van der Waals surface area contributed by atoms with Gasteiger partial charge in [-0.2, -0.15) is 0 Å². The molecule has 4 heteroatoms. The van der Waals surface area contributed by atoms with E-state index in [1.807, 2.05) is 37.3 Å². The van der Waals surface area contributed by atoms with Crippen molar-refractivity contribution in [2.75, 3.05) is 7.11 Å². The van der Waals surface area contributed by atoms with Crippen LogP contribution in [-0.4, -0.2) is 13.0 Å². The molecule has 0 radical (unpaired) electrons. The zero-order chi connectivity index (χ0) is 14.5. The summed E-state index contributed by atoms with van der Waals surface area (Å²) in [4.78, 5) is 12.3. The van der Waals surface area contributed by atoms with Crippen molar-refractivity contribution in [2.45, 2.75) is 13.0 Å². The molecule has 2 aromatic carbocycles. The smallest absolute Gasteiger partial charge is 0.255 e. The maximum Gasteiger partial charge on any atom is 0.255 e. The normalized spacial score (nSPS) is 11.8. The van der Waals surface area contributed by atoms with Crippen molar-refractivity contribution < 1.29 is 9.53 Å². The van der Waals surface area contributed by atoms with E-state index in [9.17, 15) is 4.79 Å². The number of halogens is 1. The Morgan fingerprint density at radius 3 is 2.55 bits per heavy atom. The van der Waals surface area contributed by atoms with E-state index in [1.54, 1.807) is 18.2 Å². The molecule has 0 saturated carbocycles. The van der Waals surface area contributed by atoms with E-state index in [0.29, 0.717) is 16.3 Å². The molecule has 20 heavy (non-hydrogen) atoms. The number of carbonyl (C=O) groups excluding carboxylic acids is 1. The van der Waals surface area contributed by atoms with E-state index in [4.69, 9.17) is 16.3 Å². The standard InChI is InChI=1S/C16H16ClNO2/c1-11(12-6-4-3-5-7-12)18-16(19)14-9-8-13(17)10-15(14)20-2/h3-11H,1-2H3,(H,18,19)/t11-/m0/s1. The Hall–Kier alpha value is -2.00.